The third-order valence-corrected chi connectivity index (χ3v) is 5.24. The molecule has 24 heavy (non-hydrogen) atoms. The molecule has 0 bridgehead atoms. The summed E-state index contributed by atoms with van der Waals surface area (Å²) in [5, 5.41) is -0.00556. The van der Waals surface area contributed by atoms with Crippen molar-refractivity contribution in [2.75, 3.05) is 39.7 Å². The average molecular weight is 353 g/mol. The Morgan fingerprint density at radius 2 is 2.00 bits per heavy atom. The zero-order chi connectivity index (χ0) is 17.4. The van der Waals surface area contributed by atoms with Crippen LogP contribution in [-0.2, 0) is 9.53 Å². The highest BCUT2D eigenvalue weighted by Gasteiger charge is 2.34. The lowest BCUT2D eigenvalue weighted by Gasteiger charge is -2.25. The molecular weight excluding hydrogens is 326 g/mol. The van der Waals surface area contributed by atoms with Crippen molar-refractivity contribution >= 4 is 17.7 Å². The van der Waals surface area contributed by atoms with Crippen molar-refractivity contribution in [3.05, 3.63) is 23.8 Å². The highest BCUT2D eigenvalue weighted by molar-refractivity contribution is 8.00. The molecule has 1 aliphatic heterocycles. The molecule has 1 aliphatic rings. The number of ether oxygens (including phenoxy) is 3. The zero-order valence-electron chi connectivity index (χ0n) is 14.7. The van der Waals surface area contributed by atoms with Gasteiger partial charge in [0.25, 0.3) is 0 Å². The first-order valence-electron chi connectivity index (χ1n) is 8.42. The quantitative estimate of drug-likeness (QED) is 0.603. The maximum absolute atomic E-state index is 12.2. The van der Waals surface area contributed by atoms with Gasteiger partial charge in [0.1, 0.15) is 16.9 Å². The van der Waals surface area contributed by atoms with E-state index >= 15 is 0 Å². The Labute approximate surface area is 148 Å². The predicted molar refractivity (Wildman–Crippen MR) is 96.8 cm³/mol. The molecule has 1 fully saturated rings. The van der Waals surface area contributed by atoms with Gasteiger partial charge in [-0.25, -0.2) is 0 Å². The van der Waals surface area contributed by atoms with E-state index in [-0.39, 0.29) is 11.3 Å². The summed E-state index contributed by atoms with van der Waals surface area (Å²) in [5.41, 5.74) is 1.01. The minimum atomic E-state index is -0.00556. The van der Waals surface area contributed by atoms with E-state index in [1.54, 1.807) is 26.0 Å². The lowest BCUT2D eigenvalue weighted by Crippen LogP contribution is -2.30. The number of carbonyl (C=O) groups excluding carboxylic acids is 1. The molecule has 1 atom stereocenters. The minimum absolute atomic E-state index is 0.00556. The summed E-state index contributed by atoms with van der Waals surface area (Å²) in [7, 11) is 3.28. The topological polar surface area (TPSA) is 48.0 Å². The first kappa shape index (κ1) is 18.9. The van der Waals surface area contributed by atoms with Gasteiger partial charge in [-0.15, -0.1) is 11.8 Å². The van der Waals surface area contributed by atoms with Gasteiger partial charge in [-0.2, -0.15) is 0 Å². The Morgan fingerprint density at radius 3 is 2.71 bits per heavy atom. The number of nitrogens with zero attached hydrogens (tertiary/aromatic N) is 1. The smallest absolute Gasteiger partial charge is 0.233 e. The van der Waals surface area contributed by atoms with Crippen LogP contribution in [0.4, 0.5) is 0 Å². The molecule has 1 saturated heterocycles. The van der Waals surface area contributed by atoms with Crippen molar-refractivity contribution in [1.29, 1.82) is 0 Å². The van der Waals surface area contributed by atoms with Crippen molar-refractivity contribution in [2.24, 2.45) is 0 Å². The molecule has 1 unspecified atom stereocenters. The van der Waals surface area contributed by atoms with E-state index in [1.165, 1.54) is 0 Å². The molecule has 0 spiro atoms. The van der Waals surface area contributed by atoms with Crippen LogP contribution in [0.3, 0.4) is 0 Å². The van der Waals surface area contributed by atoms with E-state index in [1.807, 2.05) is 23.1 Å². The third-order valence-electron chi connectivity index (χ3n) is 4.00. The third kappa shape index (κ3) is 4.80. The summed E-state index contributed by atoms with van der Waals surface area (Å²) < 4.78 is 16.3. The van der Waals surface area contributed by atoms with E-state index in [2.05, 4.69) is 6.92 Å². The summed E-state index contributed by atoms with van der Waals surface area (Å²) in [6, 6.07) is 5.76. The van der Waals surface area contributed by atoms with Crippen LogP contribution in [0, 0.1) is 0 Å². The fourth-order valence-electron chi connectivity index (χ4n) is 2.66. The molecular formula is C18H27NO4S. The van der Waals surface area contributed by atoms with Crippen LogP contribution in [0.2, 0.25) is 0 Å². The Balaban J connectivity index is 1.99. The fraction of sp³-hybridized carbons (Fsp3) is 0.611. The lowest BCUT2D eigenvalue weighted by molar-refractivity contribution is -0.128. The van der Waals surface area contributed by atoms with Gasteiger partial charge in [0.15, 0.2) is 0 Å². The van der Waals surface area contributed by atoms with E-state index < -0.39 is 0 Å². The van der Waals surface area contributed by atoms with E-state index in [0.29, 0.717) is 18.9 Å². The van der Waals surface area contributed by atoms with Gasteiger partial charge in [-0.1, -0.05) is 13.3 Å². The van der Waals surface area contributed by atoms with Crippen LogP contribution in [0.25, 0.3) is 0 Å². The van der Waals surface area contributed by atoms with Gasteiger partial charge < -0.3 is 19.1 Å². The fourth-order valence-corrected chi connectivity index (χ4v) is 3.90. The first-order valence-corrected chi connectivity index (χ1v) is 9.46. The van der Waals surface area contributed by atoms with Crippen LogP contribution < -0.4 is 9.47 Å². The molecule has 1 heterocycles. The number of hydrogen-bond acceptors (Lipinski definition) is 5. The molecule has 0 aromatic heterocycles. The van der Waals surface area contributed by atoms with Crippen molar-refractivity contribution in [1.82, 2.24) is 4.90 Å². The van der Waals surface area contributed by atoms with Crippen LogP contribution >= 0.6 is 11.8 Å². The van der Waals surface area contributed by atoms with Crippen LogP contribution in [0.1, 0.15) is 37.1 Å². The second kappa shape index (κ2) is 9.79. The molecule has 0 aliphatic carbocycles. The highest BCUT2D eigenvalue weighted by atomic mass is 32.2. The Morgan fingerprint density at radius 1 is 1.21 bits per heavy atom. The number of benzene rings is 1. The van der Waals surface area contributed by atoms with Crippen molar-refractivity contribution in [2.45, 2.75) is 31.6 Å². The van der Waals surface area contributed by atoms with Crippen molar-refractivity contribution in [3.63, 3.8) is 0 Å². The maximum Gasteiger partial charge on any atom is 0.233 e. The zero-order valence-corrected chi connectivity index (χ0v) is 15.6. The van der Waals surface area contributed by atoms with Gasteiger partial charge in [0.2, 0.25) is 5.91 Å². The van der Waals surface area contributed by atoms with Crippen molar-refractivity contribution < 1.29 is 19.0 Å². The number of methoxy groups -OCH3 is 2. The number of thioether (sulfide) groups is 1. The molecule has 134 valence electrons. The first-order chi connectivity index (χ1) is 11.7. The molecule has 2 rings (SSSR count). The Kier molecular flexibility index (Phi) is 7.72. The summed E-state index contributed by atoms with van der Waals surface area (Å²) >= 11 is 1.64. The van der Waals surface area contributed by atoms with Gasteiger partial charge in [0, 0.05) is 31.4 Å². The van der Waals surface area contributed by atoms with Crippen LogP contribution in [0.5, 0.6) is 11.5 Å². The van der Waals surface area contributed by atoms with Crippen LogP contribution in [0.15, 0.2) is 18.2 Å². The summed E-state index contributed by atoms with van der Waals surface area (Å²) in [4.78, 5) is 14.2. The number of hydrogen-bond donors (Lipinski definition) is 0. The van der Waals surface area contributed by atoms with Gasteiger partial charge in [-0.05, 0) is 25.0 Å². The molecule has 1 amide bonds. The monoisotopic (exact) mass is 353 g/mol. The Bertz CT molecular complexity index is 538. The van der Waals surface area contributed by atoms with Gasteiger partial charge in [-0.3, -0.25) is 4.79 Å². The molecule has 1 aromatic rings. The SMILES string of the molecule is CCCCOCCCN1C(=O)CSC1c1ccc(OC)cc1OC. The molecule has 1 aromatic carbocycles. The molecule has 6 heteroatoms. The number of carbonyl (C=O) groups is 1. The minimum Gasteiger partial charge on any atom is -0.497 e. The molecule has 0 N–H and O–H groups in total. The second-order valence-electron chi connectivity index (χ2n) is 5.68. The Hall–Kier alpha value is -1.40. The average Bonchev–Trinajstić information content (AvgIpc) is 2.98. The summed E-state index contributed by atoms with van der Waals surface area (Å²) in [6.45, 7) is 4.35. The van der Waals surface area contributed by atoms with Gasteiger partial charge in [0.05, 0.1) is 20.0 Å². The largest absolute Gasteiger partial charge is 0.497 e. The maximum atomic E-state index is 12.2. The van der Waals surface area contributed by atoms with Gasteiger partial charge >= 0.3 is 0 Å². The summed E-state index contributed by atoms with van der Waals surface area (Å²) in [6.07, 6.45) is 3.08. The predicted octanol–water partition coefficient (Wildman–Crippen LogP) is 3.48. The number of amides is 1. The van der Waals surface area contributed by atoms with Crippen molar-refractivity contribution in [3.8, 4) is 11.5 Å². The molecule has 5 nitrogen and oxygen atoms in total. The standard InChI is InChI=1S/C18H27NO4S/c1-4-5-10-23-11-6-9-19-17(20)13-24-18(19)15-8-7-14(21-2)12-16(15)22-3/h7-8,12,18H,4-6,9-11,13H2,1-3H3. The molecule has 0 radical (unpaired) electrons. The number of unbranched alkanes of at least 4 members (excludes halogenated alkanes) is 1. The van der Waals surface area contributed by atoms with Crippen LogP contribution in [-0.4, -0.2) is 50.5 Å². The normalized spacial score (nSPS) is 17.4. The second-order valence-corrected chi connectivity index (χ2v) is 6.75. The summed E-state index contributed by atoms with van der Waals surface area (Å²) in [5.74, 6) is 2.19. The van der Waals surface area contributed by atoms with E-state index in [4.69, 9.17) is 14.2 Å². The van der Waals surface area contributed by atoms with E-state index in [9.17, 15) is 4.79 Å². The number of rotatable bonds is 10. The molecule has 0 saturated carbocycles. The highest BCUT2D eigenvalue weighted by Crippen LogP contribution is 2.43. The lowest BCUT2D eigenvalue weighted by atomic mass is 10.1. The van der Waals surface area contributed by atoms with E-state index in [0.717, 1.165) is 42.9 Å².